The number of para-hydroxylation sites is 1. The number of halogens is 1. The minimum Gasteiger partial charge on any atom is -0.496 e. The summed E-state index contributed by atoms with van der Waals surface area (Å²) in [6.45, 7) is 0.266. The Labute approximate surface area is 128 Å². The Morgan fingerprint density at radius 2 is 2.05 bits per heavy atom. The largest absolute Gasteiger partial charge is 0.496 e. The van der Waals surface area contributed by atoms with E-state index >= 15 is 0 Å². The van der Waals surface area contributed by atoms with Gasteiger partial charge in [0, 0.05) is 16.2 Å². The van der Waals surface area contributed by atoms with Crippen molar-refractivity contribution < 1.29 is 9.13 Å². The molecule has 0 aliphatic rings. The van der Waals surface area contributed by atoms with Crippen molar-refractivity contribution in [2.75, 3.05) is 13.7 Å². The first-order valence-electron chi connectivity index (χ1n) is 6.47. The highest BCUT2D eigenvalue weighted by atomic mass is 32.2. The van der Waals surface area contributed by atoms with Crippen molar-refractivity contribution >= 4 is 11.8 Å². The highest BCUT2D eigenvalue weighted by Gasteiger charge is 2.05. The number of hydrogen-bond donors (Lipinski definition) is 1. The summed E-state index contributed by atoms with van der Waals surface area (Å²) in [6.07, 6.45) is 0. The highest BCUT2D eigenvalue weighted by molar-refractivity contribution is 7.98. The molecule has 0 bridgehead atoms. The second kappa shape index (κ2) is 7.72. The van der Waals surface area contributed by atoms with E-state index < -0.39 is 0 Å². The Morgan fingerprint density at radius 3 is 2.81 bits per heavy atom. The lowest BCUT2D eigenvalue weighted by Crippen LogP contribution is -1.93. The van der Waals surface area contributed by atoms with E-state index in [4.69, 9.17) is 10.5 Å². The lowest BCUT2D eigenvalue weighted by Gasteiger charge is -2.08. The van der Waals surface area contributed by atoms with Crippen LogP contribution in [-0.4, -0.2) is 13.7 Å². The highest BCUT2D eigenvalue weighted by Crippen LogP contribution is 2.31. The molecule has 2 aromatic rings. The molecule has 4 heteroatoms. The van der Waals surface area contributed by atoms with Gasteiger partial charge in [0.05, 0.1) is 13.7 Å². The smallest absolute Gasteiger partial charge is 0.132 e. The fraction of sp³-hybridized carbons (Fsp3) is 0.176. The summed E-state index contributed by atoms with van der Waals surface area (Å²) in [4.78, 5) is 1.03. The molecular weight excluding hydrogens is 285 g/mol. The molecule has 0 saturated carbocycles. The van der Waals surface area contributed by atoms with E-state index in [2.05, 4.69) is 11.8 Å². The van der Waals surface area contributed by atoms with Gasteiger partial charge in [-0.2, -0.15) is 0 Å². The van der Waals surface area contributed by atoms with E-state index in [1.165, 1.54) is 12.1 Å². The van der Waals surface area contributed by atoms with Crippen molar-refractivity contribution in [3.63, 3.8) is 0 Å². The molecule has 21 heavy (non-hydrogen) atoms. The fourth-order valence-electron chi connectivity index (χ4n) is 1.86. The van der Waals surface area contributed by atoms with Crippen molar-refractivity contribution in [1.82, 2.24) is 0 Å². The van der Waals surface area contributed by atoms with Gasteiger partial charge < -0.3 is 10.5 Å². The third kappa shape index (κ3) is 4.52. The van der Waals surface area contributed by atoms with Crippen LogP contribution in [0.2, 0.25) is 0 Å². The third-order valence-corrected chi connectivity index (χ3v) is 3.88. The minimum absolute atomic E-state index is 0.266. The van der Waals surface area contributed by atoms with Gasteiger partial charge >= 0.3 is 0 Å². The molecule has 2 rings (SSSR count). The van der Waals surface area contributed by atoms with E-state index in [-0.39, 0.29) is 12.4 Å². The molecular formula is C17H16FNOS. The molecule has 0 heterocycles. The molecule has 0 aliphatic heterocycles. The first-order chi connectivity index (χ1) is 10.2. The van der Waals surface area contributed by atoms with Gasteiger partial charge in [-0.05, 0) is 35.9 Å². The third-order valence-electron chi connectivity index (χ3n) is 2.76. The predicted molar refractivity (Wildman–Crippen MR) is 84.9 cm³/mol. The van der Waals surface area contributed by atoms with Crippen LogP contribution < -0.4 is 10.5 Å². The second-order valence-corrected chi connectivity index (χ2v) is 5.31. The average Bonchev–Trinajstić information content (AvgIpc) is 2.50. The van der Waals surface area contributed by atoms with Crippen molar-refractivity contribution in [3.05, 3.63) is 59.4 Å². The number of methoxy groups -OCH3 is 1. The van der Waals surface area contributed by atoms with Crippen molar-refractivity contribution in [1.29, 1.82) is 0 Å². The summed E-state index contributed by atoms with van der Waals surface area (Å²) >= 11 is 1.60. The van der Waals surface area contributed by atoms with Gasteiger partial charge in [0.25, 0.3) is 0 Å². The van der Waals surface area contributed by atoms with Gasteiger partial charge in [0.15, 0.2) is 0 Å². The molecule has 0 atom stereocenters. The van der Waals surface area contributed by atoms with Crippen LogP contribution in [0.5, 0.6) is 5.75 Å². The Balaban J connectivity index is 2.14. The van der Waals surface area contributed by atoms with Gasteiger partial charge in [-0.15, -0.1) is 11.8 Å². The second-order valence-electron chi connectivity index (χ2n) is 4.29. The van der Waals surface area contributed by atoms with Crippen LogP contribution in [-0.2, 0) is 5.75 Å². The summed E-state index contributed by atoms with van der Waals surface area (Å²) in [5, 5.41) is 0. The molecule has 2 aromatic carbocycles. The van der Waals surface area contributed by atoms with Gasteiger partial charge in [-0.3, -0.25) is 0 Å². The Hall–Kier alpha value is -1.96. The summed E-state index contributed by atoms with van der Waals surface area (Å²) in [7, 11) is 1.64. The molecule has 0 unspecified atom stereocenters. The quantitative estimate of drug-likeness (QED) is 0.694. The molecule has 0 amide bonds. The number of ether oxygens (including phenoxy) is 1. The first kappa shape index (κ1) is 15.4. The van der Waals surface area contributed by atoms with Gasteiger partial charge in [0.1, 0.15) is 11.6 Å². The van der Waals surface area contributed by atoms with Crippen molar-refractivity contribution in [2.24, 2.45) is 5.73 Å². The maximum atomic E-state index is 13.6. The van der Waals surface area contributed by atoms with Crippen LogP contribution >= 0.6 is 11.8 Å². The van der Waals surface area contributed by atoms with Crippen LogP contribution in [0.15, 0.2) is 47.4 Å². The van der Waals surface area contributed by atoms with E-state index in [1.807, 2.05) is 30.3 Å². The predicted octanol–water partition coefficient (Wildman–Crippen LogP) is 3.44. The normalized spacial score (nSPS) is 9.86. The molecule has 2 N–H and O–H groups in total. The summed E-state index contributed by atoms with van der Waals surface area (Å²) in [5.74, 6) is 6.78. The van der Waals surface area contributed by atoms with E-state index in [1.54, 1.807) is 18.9 Å². The van der Waals surface area contributed by atoms with E-state index in [0.717, 1.165) is 16.2 Å². The summed E-state index contributed by atoms with van der Waals surface area (Å²) in [6, 6.07) is 12.6. The summed E-state index contributed by atoms with van der Waals surface area (Å²) < 4.78 is 18.9. The van der Waals surface area contributed by atoms with Crippen LogP contribution in [0.4, 0.5) is 4.39 Å². The van der Waals surface area contributed by atoms with E-state index in [0.29, 0.717) is 11.3 Å². The number of nitrogens with two attached hydrogens (primary N) is 1. The van der Waals surface area contributed by atoms with E-state index in [9.17, 15) is 4.39 Å². The monoisotopic (exact) mass is 301 g/mol. The topological polar surface area (TPSA) is 35.2 Å². The Morgan fingerprint density at radius 1 is 1.24 bits per heavy atom. The number of thioether (sulfide) groups is 1. The fourth-order valence-corrected chi connectivity index (χ4v) is 2.82. The first-order valence-corrected chi connectivity index (χ1v) is 7.45. The molecule has 0 radical (unpaired) electrons. The number of benzene rings is 2. The van der Waals surface area contributed by atoms with Crippen LogP contribution in [0.1, 0.15) is 11.1 Å². The van der Waals surface area contributed by atoms with Crippen molar-refractivity contribution in [2.45, 2.75) is 10.6 Å². The van der Waals surface area contributed by atoms with Crippen LogP contribution in [0, 0.1) is 17.7 Å². The van der Waals surface area contributed by atoms with Crippen LogP contribution in [0.25, 0.3) is 0 Å². The minimum atomic E-state index is -0.283. The molecule has 0 spiro atoms. The molecule has 0 fully saturated rings. The standard InChI is InChI=1S/C17H16FNOS/c1-20-16-6-2-3-7-17(16)21-12-14-9-13(5-4-8-19)10-15(18)11-14/h2-3,6-7,9-11H,8,12,19H2,1H3. The SMILES string of the molecule is COc1ccccc1SCc1cc(F)cc(C#CCN)c1. The molecule has 0 aliphatic carbocycles. The van der Waals surface area contributed by atoms with Gasteiger partial charge in [0.2, 0.25) is 0 Å². The average molecular weight is 301 g/mol. The zero-order valence-electron chi connectivity index (χ0n) is 11.7. The number of hydrogen-bond acceptors (Lipinski definition) is 3. The van der Waals surface area contributed by atoms with Crippen LogP contribution in [0.3, 0.4) is 0 Å². The lowest BCUT2D eigenvalue weighted by atomic mass is 10.1. The summed E-state index contributed by atoms with van der Waals surface area (Å²) in [5.41, 5.74) is 6.86. The molecule has 0 aromatic heterocycles. The molecule has 0 saturated heterocycles. The Bertz CT molecular complexity index is 676. The van der Waals surface area contributed by atoms with Gasteiger partial charge in [-0.1, -0.05) is 24.0 Å². The lowest BCUT2D eigenvalue weighted by molar-refractivity contribution is 0.405. The Kier molecular flexibility index (Phi) is 5.68. The molecule has 108 valence electrons. The maximum Gasteiger partial charge on any atom is 0.132 e. The number of rotatable bonds is 4. The zero-order chi connectivity index (χ0) is 15.1. The maximum absolute atomic E-state index is 13.6. The molecule has 2 nitrogen and oxygen atoms in total. The van der Waals surface area contributed by atoms with Crippen molar-refractivity contribution in [3.8, 4) is 17.6 Å². The zero-order valence-corrected chi connectivity index (χ0v) is 12.5. The van der Waals surface area contributed by atoms with Gasteiger partial charge in [-0.25, -0.2) is 4.39 Å².